The Bertz CT molecular complexity index is 975. The number of piperidine rings is 1. The van der Waals surface area contributed by atoms with Gasteiger partial charge in [0.1, 0.15) is 12.4 Å². The van der Waals surface area contributed by atoms with E-state index in [2.05, 4.69) is 18.0 Å². The number of ketones is 1. The summed E-state index contributed by atoms with van der Waals surface area (Å²) in [5.74, 6) is 1.58. The third kappa shape index (κ3) is 2.72. The van der Waals surface area contributed by atoms with Crippen LogP contribution in [0.5, 0.6) is 11.5 Å². The Labute approximate surface area is 177 Å². The van der Waals surface area contributed by atoms with Crippen LogP contribution in [0.2, 0.25) is 0 Å². The zero-order chi connectivity index (χ0) is 20.9. The van der Waals surface area contributed by atoms with Crippen LogP contribution in [0.3, 0.4) is 0 Å². The highest BCUT2D eigenvalue weighted by molar-refractivity contribution is 5.83. The molecule has 0 radical (unpaired) electrons. The van der Waals surface area contributed by atoms with E-state index in [0.29, 0.717) is 37.4 Å². The maximum Gasteiger partial charge on any atom is 0.165 e. The molecule has 1 heterocycles. The van der Waals surface area contributed by atoms with Crippen LogP contribution >= 0.6 is 0 Å². The van der Waals surface area contributed by atoms with Gasteiger partial charge in [-0.25, -0.2) is 0 Å². The highest BCUT2D eigenvalue weighted by atomic mass is 16.5. The molecule has 2 fully saturated rings. The van der Waals surface area contributed by atoms with Crippen LogP contribution in [-0.4, -0.2) is 48.1 Å². The first-order chi connectivity index (χ1) is 14.5. The van der Waals surface area contributed by atoms with Gasteiger partial charge in [0.2, 0.25) is 0 Å². The topological polar surface area (TPSA) is 59.0 Å². The molecule has 0 unspecified atom stereocenters. The van der Waals surface area contributed by atoms with Gasteiger partial charge in [0.15, 0.2) is 11.5 Å². The van der Waals surface area contributed by atoms with Crippen LogP contribution in [-0.2, 0) is 23.2 Å². The molecule has 5 rings (SSSR count). The number of rotatable bonds is 4. The zero-order valence-electron chi connectivity index (χ0n) is 17.7. The van der Waals surface area contributed by atoms with Crippen LogP contribution < -0.4 is 9.47 Å². The van der Waals surface area contributed by atoms with Crippen LogP contribution in [0.1, 0.15) is 42.4 Å². The van der Waals surface area contributed by atoms with Gasteiger partial charge >= 0.3 is 0 Å². The van der Waals surface area contributed by atoms with Crippen molar-refractivity contribution < 1.29 is 19.4 Å². The number of fused-ring (bicyclic) bond motifs is 1. The molecule has 158 valence electrons. The molecule has 1 aliphatic heterocycles. The predicted octanol–water partition coefficient (Wildman–Crippen LogP) is 3.26. The summed E-state index contributed by atoms with van der Waals surface area (Å²) in [6.45, 7) is 1.27. The molecule has 1 saturated carbocycles. The first kappa shape index (κ1) is 19.6. The van der Waals surface area contributed by atoms with Crippen molar-refractivity contribution in [2.45, 2.75) is 55.8 Å². The lowest BCUT2D eigenvalue weighted by Crippen LogP contribution is -2.72. The van der Waals surface area contributed by atoms with Crippen molar-refractivity contribution in [3.8, 4) is 11.5 Å². The monoisotopic (exact) mass is 407 g/mol. The maximum absolute atomic E-state index is 12.7. The molecule has 3 atom stereocenters. The number of hydrogen-bond donors (Lipinski definition) is 1. The normalized spacial score (nSPS) is 30.4. The van der Waals surface area contributed by atoms with Crippen molar-refractivity contribution in [2.75, 3.05) is 20.7 Å². The number of benzene rings is 2. The highest BCUT2D eigenvalue weighted by Crippen LogP contribution is 2.60. The minimum Gasteiger partial charge on any atom is -0.493 e. The lowest BCUT2D eigenvalue weighted by atomic mass is 9.49. The summed E-state index contributed by atoms with van der Waals surface area (Å²) in [5.41, 5.74) is 1.68. The summed E-state index contributed by atoms with van der Waals surface area (Å²) in [7, 11) is 3.73. The third-order valence-corrected chi connectivity index (χ3v) is 7.63. The summed E-state index contributed by atoms with van der Waals surface area (Å²) in [6.07, 6.45) is 2.82. The fourth-order valence-corrected chi connectivity index (χ4v) is 6.12. The van der Waals surface area contributed by atoms with E-state index in [-0.39, 0.29) is 11.8 Å². The van der Waals surface area contributed by atoms with E-state index in [1.165, 1.54) is 0 Å². The Morgan fingerprint density at radius 2 is 1.97 bits per heavy atom. The van der Waals surface area contributed by atoms with Gasteiger partial charge in [0, 0.05) is 29.9 Å². The van der Waals surface area contributed by atoms with E-state index < -0.39 is 11.0 Å². The first-order valence-electron chi connectivity index (χ1n) is 10.8. The molecule has 2 aromatic carbocycles. The number of nitrogens with zero attached hydrogens (tertiary/aromatic N) is 1. The standard InChI is InChI=1S/C25H29NO4/c1-26-13-12-24-15-19(27)10-11-25(24,28)21(26)14-18-8-9-20(29-2)23(22(18)24)30-16-17-6-4-3-5-7-17/h3-9,21,28H,10-16H2,1-2H3/t21-,24-,25-/m1/s1. The molecule has 1 saturated heterocycles. The van der Waals surface area contributed by atoms with Gasteiger partial charge in [0.05, 0.1) is 12.7 Å². The van der Waals surface area contributed by atoms with Gasteiger partial charge in [-0.05, 0) is 50.0 Å². The summed E-state index contributed by atoms with van der Waals surface area (Å²) in [6, 6.07) is 14.1. The van der Waals surface area contributed by atoms with E-state index in [9.17, 15) is 9.90 Å². The summed E-state index contributed by atoms with van der Waals surface area (Å²) in [5, 5.41) is 12.1. The van der Waals surface area contributed by atoms with E-state index in [1.54, 1.807) is 7.11 Å². The quantitative estimate of drug-likeness (QED) is 0.843. The van der Waals surface area contributed by atoms with E-state index in [1.807, 2.05) is 36.4 Å². The Kier molecular flexibility index (Phi) is 4.64. The van der Waals surface area contributed by atoms with E-state index >= 15 is 0 Å². The smallest absolute Gasteiger partial charge is 0.165 e. The van der Waals surface area contributed by atoms with E-state index in [4.69, 9.17) is 9.47 Å². The lowest BCUT2D eigenvalue weighted by molar-refractivity contribution is -0.169. The molecule has 1 N–H and O–H groups in total. The molecular weight excluding hydrogens is 378 g/mol. The van der Waals surface area contributed by atoms with Crippen LogP contribution in [0.15, 0.2) is 42.5 Å². The number of carbonyl (C=O) groups is 1. The van der Waals surface area contributed by atoms with Crippen molar-refractivity contribution in [1.82, 2.24) is 4.90 Å². The van der Waals surface area contributed by atoms with Gasteiger partial charge < -0.3 is 19.5 Å². The lowest BCUT2D eigenvalue weighted by Gasteiger charge is -2.63. The maximum atomic E-state index is 12.7. The minimum absolute atomic E-state index is 0.0159. The second-order valence-corrected chi connectivity index (χ2v) is 9.08. The van der Waals surface area contributed by atoms with Crippen LogP contribution in [0.25, 0.3) is 0 Å². The SMILES string of the molecule is COc1ccc2c(c1OCc1ccccc1)[C@]13CCN(C)[C@H](C2)[C@]1(O)CCC(=O)C3. The number of likely N-dealkylation sites (tertiary alicyclic amines) is 1. The average Bonchev–Trinajstić information content (AvgIpc) is 2.75. The van der Waals surface area contributed by atoms with Gasteiger partial charge in [-0.1, -0.05) is 36.4 Å². The summed E-state index contributed by atoms with van der Waals surface area (Å²) >= 11 is 0. The number of methoxy groups -OCH3 is 1. The Morgan fingerprint density at radius 1 is 1.17 bits per heavy atom. The molecule has 3 aliphatic rings. The number of hydrogen-bond acceptors (Lipinski definition) is 5. The molecule has 30 heavy (non-hydrogen) atoms. The van der Waals surface area contributed by atoms with Crippen LogP contribution in [0, 0.1) is 0 Å². The molecule has 2 aliphatic carbocycles. The summed E-state index contributed by atoms with van der Waals surface area (Å²) in [4.78, 5) is 15.0. The number of likely N-dealkylation sites (N-methyl/N-ethyl adjacent to an activating group) is 1. The second kappa shape index (κ2) is 7.10. The zero-order valence-corrected chi connectivity index (χ0v) is 17.7. The van der Waals surface area contributed by atoms with Crippen LogP contribution in [0.4, 0.5) is 0 Å². The van der Waals surface area contributed by atoms with Crippen molar-refractivity contribution in [2.24, 2.45) is 0 Å². The molecule has 0 amide bonds. The summed E-state index contributed by atoms with van der Waals surface area (Å²) < 4.78 is 12.1. The van der Waals surface area contributed by atoms with E-state index in [0.717, 1.165) is 36.1 Å². The third-order valence-electron chi connectivity index (χ3n) is 7.63. The molecule has 0 spiro atoms. The highest BCUT2D eigenvalue weighted by Gasteiger charge is 2.65. The van der Waals surface area contributed by atoms with Gasteiger partial charge in [-0.3, -0.25) is 4.79 Å². The van der Waals surface area contributed by atoms with Crippen molar-refractivity contribution in [3.63, 3.8) is 0 Å². The molecular formula is C25H29NO4. The van der Waals surface area contributed by atoms with Crippen molar-refractivity contribution in [1.29, 1.82) is 0 Å². The first-order valence-corrected chi connectivity index (χ1v) is 10.8. The fraction of sp³-hybridized carbons (Fsp3) is 0.480. The predicted molar refractivity (Wildman–Crippen MR) is 114 cm³/mol. The number of Topliss-reactive ketones (excluding diaryl/α,β-unsaturated/α-hetero) is 1. The number of carbonyl (C=O) groups excluding carboxylic acids is 1. The molecule has 5 nitrogen and oxygen atoms in total. The van der Waals surface area contributed by atoms with Gasteiger partial charge in [-0.2, -0.15) is 0 Å². The number of aliphatic hydroxyl groups is 1. The average molecular weight is 408 g/mol. The Morgan fingerprint density at radius 3 is 2.73 bits per heavy atom. The second-order valence-electron chi connectivity index (χ2n) is 9.08. The number of ether oxygens (including phenoxy) is 2. The molecule has 0 aromatic heterocycles. The van der Waals surface area contributed by atoms with Gasteiger partial charge in [0.25, 0.3) is 0 Å². The Balaban J connectivity index is 1.67. The molecule has 2 aromatic rings. The molecule has 5 heteroatoms. The van der Waals surface area contributed by atoms with Crippen molar-refractivity contribution >= 4 is 5.78 Å². The largest absolute Gasteiger partial charge is 0.493 e. The Hall–Kier alpha value is -2.37. The van der Waals surface area contributed by atoms with Crippen molar-refractivity contribution in [3.05, 3.63) is 59.2 Å². The molecule has 2 bridgehead atoms. The fourth-order valence-electron chi connectivity index (χ4n) is 6.12. The minimum atomic E-state index is -0.932. The van der Waals surface area contributed by atoms with Gasteiger partial charge in [-0.15, -0.1) is 0 Å².